The summed E-state index contributed by atoms with van der Waals surface area (Å²) in [6.07, 6.45) is 4.53. The van der Waals surface area contributed by atoms with Gasteiger partial charge in [0.25, 0.3) is 0 Å². The molecule has 1 amide bonds. The standard InChI is InChI=1S/C11H20N2O/c1-11(2,3)6-4-10(14)13-7-5-9(12)8-13/h4,6,9H,5,7-8,12H2,1-3H3/b6-4+/t9-/m0/s1. The van der Waals surface area contributed by atoms with Gasteiger partial charge in [-0.15, -0.1) is 0 Å². The average molecular weight is 196 g/mol. The summed E-state index contributed by atoms with van der Waals surface area (Å²) in [5.41, 5.74) is 5.79. The number of allylic oxidation sites excluding steroid dienone is 1. The fraction of sp³-hybridized carbons (Fsp3) is 0.727. The monoisotopic (exact) mass is 196 g/mol. The zero-order valence-corrected chi connectivity index (χ0v) is 9.29. The molecule has 14 heavy (non-hydrogen) atoms. The van der Waals surface area contributed by atoms with Gasteiger partial charge in [-0.25, -0.2) is 0 Å². The molecule has 0 aromatic rings. The van der Waals surface area contributed by atoms with Crippen molar-refractivity contribution in [1.82, 2.24) is 4.90 Å². The summed E-state index contributed by atoms with van der Waals surface area (Å²) in [4.78, 5) is 13.4. The molecule has 1 atom stereocenters. The number of hydrogen-bond acceptors (Lipinski definition) is 2. The fourth-order valence-electron chi connectivity index (χ4n) is 1.41. The maximum absolute atomic E-state index is 11.6. The summed E-state index contributed by atoms with van der Waals surface area (Å²) < 4.78 is 0. The van der Waals surface area contributed by atoms with Gasteiger partial charge in [-0.2, -0.15) is 0 Å². The van der Waals surface area contributed by atoms with Crippen LogP contribution in [0.5, 0.6) is 0 Å². The van der Waals surface area contributed by atoms with Crippen LogP contribution in [-0.2, 0) is 4.79 Å². The van der Waals surface area contributed by atoms with Crippen LogP contribution in [0.4, 0.5) is 0 Å². The third kappa shape index (κ3) is 3.50. The number of nitrogens with zero attached hydrogens (tertiary/aromatic N) is 1. The van der Waals surface area contributed by atoms with Gasteiger partial charge >= 0.3 is 0 Å². The Morgan fingerprint density at radius 2 is 2.14 bits per heavy atom. The lowest BCUT2D eigenvalue weighted by atomic mass is 9.96. The van der Waals surface area contributed by atoms with Crippen molar-refractivity contribution in [2.75, 3.05) is 13.1 Å². The highest BCUT2D eigenvalue weighted by Crippen LogP contribution is 2.15. The van der Waals surface area contributed by atoms with Crippen molar-refractivity contribution in [1.29, 1.82) is 0 Å². The van der Waals surface area contributed by atoms with Crippen molar-refractivity contribution in [2.45, 2.75) is 33.2 Å². The minimum atomic E-state index is 0.0670. The Bertz CT molecular complexity index is 240. The highest BCUT2D eigenvalue weighted by Gasteiger charge is 2.22. The molecule has 80 valence electrons. The van der Waals surface area contributed by atoms with Gasteiger partial charge in [0.05, 0.1) is 0 Å². The fourth-order valence-corrected chi connectivity index (χ4v) is 1.41. The van der Waals surface area contributed by atoms with Crippen molar-refractivity contribution in [2.24, 2.45) is 11.1 Å². The molecule has 3 nitrogen and oxygen atoms in total. The number of carbonyl (C=O) groups excluding carboxylic acids is 1. The topological polar surface area (TPSA) is 46.3 Å². The van der Waals surface area contributed by atoms with Crippen molar-refractivity contribution in [3.63, 3.8) is 0 Å². The van der Waals surface area contributed by atoms with E-state index in [2.05, 4.69) is 20.8 Å². The molecule has 1 aliphatic rings. The first-order valence-electron chi connectivity index (χ1n) is 5.12. The molecule has 0 radical (unpaired) electrons. The summed E-state index contributed by atoms with van der Waals surface area (Å²) in [7, 11) is 0. The second-order valence-electron chi connectivity index (χ2n) is 5.03. The first kappa shape index (κ1) is 11.2. The van der Waals surface area contributed by atoms with Crippen LogP contribution in [0.15, 0.2) is 12.2 Å². The minimum Gasteiger partial charge on any atom is -0.338 e. The first-order valence-corrected chi connectivity index (χ1v) is 5.12. The second kappa shape index (κ2) is 4.13. The lowest BCUT2D eigenvalue weighted by Gasteiger charge is -2.15. The number of rotatable bonds is 1. The van der Waals surface area contributed by atoms with Crippen molar-refractivity contribution in [3.8, 4) is 0 Å². The normalized spacial score (nSPS) is 23.4. The summed E-state index contributed by atoms with van der Waals surface area (Å²) in [5, 5.41) is 0. The molecule has 0 saturated carbocycles. The molecule has 0 spiro atoms. The van der Waals surface area contributed by atoms with Gasteiger partial charge in [-0.1, -0.05) is 26.8 Å². The highest BCUT2D eigenvalue weighted by atomic mass is 16.2. The molecule has 0 unspecified atom stereocenters. The second-order valence-corrected chi connectivity index (χ2v) is 5.03. The van der Waals surface area contributed by atoms with Crippen LogP contribution in [0.3, 0.4) is 0 Å². The van der Waals surface area contributed by atoms with Crippen LogP contribution in [0.2, 0.25) is 0 Å². The van der Waals surface area contributed by atoms with E-state index >= 15 is 0 Å². The van der Waals surface area contributed by atoms with E-state index in [9.17, 15) is 4.79 Å². The maximum atomic E-state index is 11.6. The van der Waals surface area contributed by atoms with Crippen molar-refractivity contribution >= 4 is 5.91 Å². The Labute approximate surface area is 86.0 Å². The highest BCUT2D eigenvalue weighted by molar-refractivity contribution is 5.87. The summed E-state index contributed by atoms with van der Waals surface area (Å²) in [6.45, 7) is 7.73. The van der Waals surface area contributed by atoms with Gasteiger partial charge < -0.3 is 10.6 Å². The summed E-state index contributed by atoms with van der Waals surface area (Å²) in [6, 6.07) is 0.169. The van der Waals surface area contributed by atoms with Crippen molar-refractivity contribution < 1.29 is 4.79 Å². The molecular weight excluding hydrogens is 176 g/mol. The molecule has 0 aliphatic carbocycles. The van der Waals surface area contributed by atoms with Crippen LogP contribution >= 0.6 is 0 Å². The molecule has 1 saturated heterocycles. The molecular formula is C11H20N2O. The Balaban J connectivity index is 2.47. The van der Waals surface area contributed by atoms with Crippen molar-refractivity contribution in [3.05, 3.63) is 12.2 Å². The zero-order valence-electron chi connectivity index (χ0n) is 9.29. The van der Waals surface area contributed by atoms with Crippen LogP contribution in [0, 0.1) is 5.41 Å². The largest absolute Gasteiger partial charge is 0.338 e. The molecule has 0 aromatic heterocycles. The molecule has 0 aromatic carbocycles. The maximum Gasteiger partial charge on any atom is 0.246 e. The van der Waals surface area contributed by atoms with Gasteiger partial charge in [0.2, 0.25) is 5.91 Å². The van der Waals surface area contributed by atoms with Crippen LogP contribution in [0.1, 0.15) is 27.2 Å². The van der Waals surface area contributed by atoms with E-state index in [1.807, 2.05) is 11.0 Å². The predicted molar refractivity (Wildman–Crippen MR) is 57.8 cm³/mol. The molecule has 0 bridgehead atoms. The van der Waals surface area contributed by atoms with Gasteiger partial charge in [-0.3, -0.25) is 4.79 Å². The molecule has 1 heterocycles. The van der Waals surface area contributed by atoms with E-state index < -0.39 is 0 Å². The number of likely N-dealkylation sites (tertiary alicyclic amines) is 1. The Morgan fingerprint density at radius 1 is 1.50 bits per heavy atom. The summed E-state index contributed by atoms with van der Waals surface area (Å²) >= 11 is 0. The zero-order chi connectivity index (χ0) is 10.8. The Hall–Kier alpha value is -0.830. The smallest absolute Gasteiger partial charge is 0.246 e. The quantitative estimate of drug-likeness (QED) is 0.639. The van der Waals surface area contributed by atoms with E-state index in [1.165, 1.54) is 0 Å². The third-order valence-electron chi connectivity index (χ3n) is 2.26. The third-order valence-corrected chi connectivity index (χ3v) is 2.26. The van der Waals surface area contributed by atoms with E-state index in [4.69, 9.17) is 5.73 Å². The van der Waals surface area contributed by atoms with E-state index in [-0.39, 0.29) is 17.4 Å². The minimum absolute atomic E-state index is 0.0670. The van der Waals surface area contributed by atoms with E-state index in [0.717, 1.165) is 13.0 Å². The Morgan fingerprint density at radius 3 is 2.57 bits per heavy atom. The van der Waals surface area contributed by atoms with Crippen LogP contribution < -0.4 is 5.73 Å². The number of hydrogen-bond donors (Lipinski definition) is 1. The van der Waals surface area contributed by atoms with Crippen LogP contribution in [-0.4, -0.2) is 29.9 Å². The molecule has 3 heteroatoms. The molecule has 1 rings (SSSR count). The van der Waals surface area contributed by atoms with Gasteiger partial charge in [0.15, 0.2) is 0 Å². The van der Waals surface area contributed by atoms with E-state index in [0.29, 0.717) is 6.54 Å². The van der Waals surface area contributed by atoms with E-state index in [1.54, 1.807) is 6.08 Å². The molecule has 1 aliphatic heterocycles. The van der Waals surface area contributed by atoms with Gasteiger partial charge in [0, 0.05) is 19.1 Å². The molecule has 2 N–H and O–H groups in total. The molecule has 1 fully saturated rings. The SMILES string of the molecule is CC(C)(C)/C=C/C(=O)N1CC[C@H](N)C1. The average Bonchev–Trinajstić information content (AvgIpc) is 2.46. The first-order chi connectivity index (χ1) is 6.38. The van der Waals surface area contributed by atoms with Gasteiger partial charge in [0.1, 0.15) is 0 Å². The summed E-state index contributed by atoms with van der Waals surface area (Å²) in [5.74, 6) is 0.0906. The number of nitrogens with two attached hydrogens (primary N) is 1. The van der Waals surface area contributed by atoms with Gasteiger partial charge in [-0.05, 0) is 17.9 Å². The van der Waals surface area contributed by atoms with Crippen LogP contribution in [0.25, 0.3) is 0 Å². The predicted octanol–water partition coefficient (Wildman–Crippen LogP) is 1.15. The lowest BCUT2D eigenvalue weighted by molar-refractivity contribution is -0.125. The number of carbonyl (C=O) groups is 1. The Kier molecular flexibility index (Phi) is 3.32. The lowest BCUT2D eigenvalue weighted by Crippen LogP contribution is -2.30. The number of amides is 1.